The second-order valence-electron chi connectivity index (χ2n) is 5.67. The molecule has 0 aromatic carbocycles. The molecule has 0 N–H and O–H groups in total. The molecular weight excluding hydrogens is 308 g/mol. The molecule has 0 radical (unpaired) electrons. The molecular formula is C17H16N4OS. The highest BCUT2D eigenvalue weighted by Crippen LogP contribution is 2.21. The van der Waals surface area contributed by atoms with Crippen LogP contribution in [0.3, 0.4) is 0 Å². The van der Waals surface area contributed by atoms with Gasteiger partial charge in [0, 0.05) is 17.3 Å². The van der Waals surface area contributed by atoms with E-state index in [0.29, 0.717) is 11.9 Å². The van der Waals surface area contributed by atoms with Crippen LogP contribution in [0.1, 0.15) is 23.1 Å². The Morgan fingerprint density at radius 2 is 2.13 bits per heavy atom. The lowest BCUT2D eigenvalue weighted by molar-refractivity contribution is 0.735. The maximum Gasteiger partial charge on any atom is 0.262 e. The zero-order chi connectivity index (χ0) is 16.0. The Morgan fingerprint density at radius 3 is 2.96 bits per heavy atom. The van der Waals surface area contributed by atoms with Crippen LogP contribution in [0, 0.1) is 6.92 Å². The lowest BCUT2D eigenvalue weighted by atomic mass is 10.3. The van der Waals surface area contributed by atoms with Gasteiger partial charge in [-0.2, -0.15) is 0 Å². The fraction of sp³-hybridized carbons (Fsp3) is 0.235. The molecule has 4 aromatic heterocycles. The standard InChI is InChI=1S/C17H16N4OS/c1-3-13-6-14-16(23-13)18-10-21(17(14)22)9-12-8-20-7-11(2)4-5-15(20)19-12/h4-8,10H,3,9H2,1-2H3. The summed E-state index contributed by atoms with van der Waals surface area (Å²) in [6, 6.07) is 5.97. The molecule has 116 valence electrons. The highest BCUT2D eigenvalue weighted by molar-refractivity contribution is 7.18. The fourth-order valence-electron chi connectivity index (χ4n) is 2.70. The van der Waals surface area contributed by atoms with Crippen molar-refractivity contribution in [3.8, 4) is 0 Å². The first-order valence-electron chi connectivity index (χ1n) is 7.56. The van der Waals surface area contributed by atoms with Gasteiger partial charge in [0.15, 0.2) is 0 Å². The summed E-state index contributed by atoms with van der Waals surface area (Å²) >= 11 is 1.59. The third kappa shape index (κ3) is 2.45. The third-order valence-corrected chi connectivity index (χ3v) is 5.09. The maximum atomic E-state index is 12.6. The Kier molecular flexibility index (Phi) is 3.27. The maximum absolute atomic E-state index is 12.6. The predicted molar refractivity (Wildman–Crippen MR) is 92.3 cm³/mol. The van der Waals surface area contributed by atoms with E-state index in [1.54, 1.807) is 22.2 Å². The summed E-state index contributed by atoms with van der Waals surface area (Å²) in [5.74, 6) is 0. The molecule has 5 nitrogen and oxygen atoms in total. The summed E-state index contributed by atoms with van der Waals surface area (Å²) in [6.07, 6.45) is 6.54. The number of imidazole rings is 1. The number of rotatable bonds is 3. The third-order valence-electron chi connectivity index (χ3n) is 3.90. The van der Waals surface area contributed by atoms with Crippen LogP contribution in [-0.4, -0.2) is 18.9 Å². The number of fused-ring (bicyclic) bond motifs is 2. The van der Waals surface area contributed by atoms with Crippen LogP contribution in [0.25, 0.3) is 15.9 Å². The number of hydrogen-bond donors (Lipinski definition) is 0. The molecule has 0 saturated heterocycles. The van der Waals surface area contributed by atoms with E-state index in [-0.39, 0.29) is 5.56 Å². The Labute approximate surface area is 136 Å². The van der Waals surface area contributed by atoms with Crippen LogP contribution in [0.4, 0.5) is 0 Å². The number of thiophene rings is 1. The fourth-order valence-corrected chi connectivity index (χ4v) is 3.63. The number of hydrogen-bond acceptors (Lipinski definition) is 4. The van der Waals surface area contributed by atoms with Gasteiger partial charge in [-0.15, -0.1) is 11.3 Å². The van der Waals surface area contributed by atoms with Gasteiger partial charge in [0.1, 0.15) is 10.5 Å². The van der Waals surface area contributed by atoms with Crippen molar-refractivity contribution in [3.63, 3.8) is 0 Å². The van der Waals surface area contributed by atoms with E-state index in [4.69, 9.17) is 0 Å². The van der Waals surface area contributed by atoms with Gasteiger partial charge < -0.3 is 4.40 Å². The minimum atomic E-state index is -0.000753. The van der Waals surface area contributed by atoms with Crippen LogP contribution in [0.2, 0.25) is 0 Å². The average molecular weight is 324 g/mol. The summed E-state index contributed by atoms with van der Waals surface area (Å²) in [5, 5.41) is 0.703. The Hall–Kier alpha value is -2.47. The van der Waals surface area contributed by atoms with Gasteiger partial charge in [-0.05, 0) is 31.0 Å². The average Bonchev–Trinajstić information content (AvgIpc) is 3.13. The minimum absolute atomic E-state index is 0.000753. The van der Waals surface area contributed by atoms with Crippen molar-refractivity contribution >= 4 is 27.2 Å². The van der Waals surface area contributed by atoms with Crippen molar-refractivity contribution in [2.75, 3.05) is 0 Å². The SMILES string of the molecule is CCc1cc2c(=O)n(Cc3cn4cc(C)ccc4n3)cnc2s1. The highest BCUT2D eigenvalue weighted by Gasteiger charge is 2.10. The second-order valence-corrected chi connectivity index (χ2v) is 6.78. The van der Waals surface area contributed by atoms with Crippen molar-refractivity contribution in [2.24, 2.45) is 0 Å². The normalized spacial score (nSPS) is 11.6. The monoisotopic (exact) mass is 324 g/mol. The van der Waals surface area contributed by atoms with Gasteiger partial charge >= 0.3 is 0 Å². The van der Waals surface area contributed by atoms with Crippen molar-refractivity contribution in [1.29, 1.82) is 0 Å². The van der Waals surface area contributed by atoms with Crippen LogP contribution < -0.4 is 5.56 Å². The van der Waals surface area contributed by atoms with E-state index < -0.39 is 0 Å². The van der Waals surface area contributed by atoms with Crippen LogP contribution in [0.5, 0.6) is 0 Å². The highest BCUT2D eigenvalue weighted by atomic mass is 32.1. The van der Waals surface area contributed by atoms with E-state index in [1.165, 1.54) is 10.4 Å². The lowest BCUT2D eigenvalue weighted by Crippen LogP contribution is -2.20. The Morgan fingerprint density at radius 1 is 1.26 bits per heavy atom. The smallest absolute Gasteiger partial charge is 0.262 e. The summed E-state index contributed by atoms with van der Waals surface area (Å²) in [7, 11) is 0. The molecule has 4 heterocycles. The molecule has 0 aliphatic carbocycles. The zero-order valence-corrected chi connectivity index (χ0v) is 13.8. The molecule has 23 heavy (non-hydrogen) atoms. The van der Waals surface area contributed by atoms with Gasteiger partial charge in [0.05, 0.1) is 24.0 Å². The summed E-state index contributed by atoms with van der Waals surface area (Å²) in [5.41, 5.74) is 2.91. The van der Waals surface area contributed by atoms with E-state index in [9.17, 15) is 4.79 Å². The largest absolute Gasteiger partial charge is 0.306 e. The Bertz CT molecular complexity index is 1070. The number of aromatic nitrogens is 4. The van der Waals surface area contributed by atoms with Crippen molar-refractivity contribution in [1.82, 2.24) is 18.9 Å². The van der Waals surface area contributed by atoms with Crippen molar-refractivity contribution < 1.29 is 0 Å². The second kappa shape index (κ2) is 5.31. The Balaban J connectivity index is 1.76. The molecule has 0 amide bonds. The molecule has 0 bridgehead atoms. The van der Waals surface area contributed by atoms with Crippen LogP contribution in [-0.2, 0) is 13.0 Å². The van der Waals surface area contributed by atoms with Gasteiger partial charge in [-0.25, -0.2) is 9.97 Å². The lowest BCUT2D eigenvalue weighted by Gasteiger charge is -2.01. The van der Waals surface area contributed by atoms with Crippen LogP contribution >= 0.6 is 11.3 Å². The number of aryl methyl sites for hydroxylation is 2. The molecule has 4 rings (SSSR count). The molecule has 0 atom stereocenters. The van der Waals surface area contributed by atoms with Gasteiger partial charge in [0.25, 0.3) is 5.56 Å². The number of nitrogens with zero attached hydrogens (tertiary/aromatic N) is 4. The molecule has 6 heteroatoms. The van der Waals surface area contributed by atoms with E-state index in [2.05, 4.69) is 16.9 Å². The predicted octanol–water partition coefficient (Wildman–Crippen LogP) is 3.02. The quantitative estimate of drug-likeness (QED) is 0.582. The minimum Gasteiger partial charge on any atom is -0.306 e. The molecule has 0 saturated carbocycles. The molecule has 0 aliphatic heterocycles. The molecule has 4 aromatic rings. The zero-order valence-electron chi connectivity index (χ0n) is 13.0. The van der Waals surface area contributed by atoms with Crippen LogP contribution in [0.15, 0.2) is 41.7 Å². The summed E-state index contributed by atoms with van der Waals surface area (Å²) in [4.78, 5) is 23.6. The molecule has 0 spiro atoms. The van der Waals surface area contributed by atoms with Gasteiger partial charge in [0.2, 0.25) is 0 Å². The summed E-state index contributed by atoms with van der Waals surface area (Å²) < 4.78 is 3.62. The van der Waals surface area contributed by atoms with Gasteiger partial charge in [-0.1, -0.05) is 13.0 Å². The first kappa shape index (κ1) is 14.1. The topological polar surface area (TPSA) is 52.2 Å². The van der Waals surface area contributed by atoms with E-state index >= 15 is 0 Å². The van der Waals surface area contributed by atoms with Gasteiger partial charge in [-0.3, -0.25) is 9.36 Å². The molecule has 0 fully saturated rings. The first-order chi connectivity index (χ1) is 11.1. The first-order valence-corrected chi connectivity index (χ1v) is 8.38. The van der Waals surface area contributed by atoms with E-state index in [1.807, 2.05) is 41.9 Å². The van der Waals surface area contributed by atoms with Crippen molar-refractivity contribution in [3.05, 3.63) is 63.4 Å². The van der Waals surface area contributed by atoms with E-state index in [0.717, 1.165) is 22.6 Å². The summed E-state index contributed by atoms with van der Waals surface area (Å²) in [6.45, 7) is 4.56. The van der Waals surface area contributed by atoms with Crippen molar-refractivity contribution in [2.45, 2.75) is 26.8 Å². The molecule has 0 aliphatic rings. The number of pyridine rings is 1. The molecule has 0 unspecified atom stereocenters.